The van der Waals surface area contributed by atoms with E-state index < -0.39 is 16.1 Å². The molecule has 0 saturated carbocycles. The highest BCUT2D eigenvalue weighted by Crippen LogP contribution is 2.64. The average molecular weight is 1050 g/mol. The summed E-state index contributed by atoms with van der Waals surface area (Å²) in [5.41, 5.74) is 22.2. The van der Waals surface area contributed by atoms with Crippen molar-refractivity contribution in [3.8, 4) is 55.6 Å². The predicted octanol–water partition coefficient (Wildman–Crippen LogP) is 21.6. The third-order valence-electron chi connectivity index (χ3n) is 16.7. The fourth-order valence-corrected chi connectivity index (χ4v) is 26.9. The molecule has 0 N–H and O–H groups in total. The van der Waals surface area contributed by atoms with Gasteiger partial charge in [-0.25, -0.2) is 0 Å². The summed E-state index contributed by atoms with van der Waals surface area (Å²) in [6.45, 7) is 15.9. The number of anilines is 6. The molecule has 0 atom stereocenters. The number of hydrogen-bond donors (Lipinski definition) is 0. The molecule has 12 aromatic rings. The Hall–Kier alpha value is -8.81. The minimum absolute atomic E-state index is 0.244. The van der Waals surface area contributed by atoms with Crippen LogP contribution in [0.4, 0.5) is 34.1 Å². The summed E-state index contributed by atoms with van der Waals surface area (Å²) in [5, 5.41) is 5.04. The molecule has 13 rings (SSSR count). The van der Waals surface area contributed by atoms with Gasteiger partial charge >= 0.3 is 0 Å². The Labute approximate surface area is 468 Å². The lowest BCUT2D eigenvalue weighted by Crippen LogP contribution is -2.63. The van der Waals surface area contributed by atoms with Gasteiger partial charge in [0.05, 0.1) is 38.9 Å². The lowest BCUT2D eigenvalue weighted by atomic mass is 9.91. The molecule has 2 nitrogen and oxygen atoms in total. The highest BCUT2D eigenvalue weighted by molar-refractivity contribution is 7.00. The molecule has 79 heavy (non-hydrogen) atoms. The Balaban J connectivity index is 1.13. The van der Waals surface area contributed by atoms with E-state index >= 15 is 0 Å². The van der Waals surface area contributed by atoms with Crippen LogP contribution in [0.15, 0.2) is 279 Å². The van der Waals surface area contributed by atoms with Gasteiger partial charge in [-0.2, -0.15) is 0 Å². The maximum absolute atomic E-state index is 2.68. The van der Waals surface area contributed by atoms with Crippen molar-refractivity contribution >= 4 is 71.8 Å². The Morgan fingerprint density at radius 3 is 0.873 bits per heavy atom. The van der Waals surface area contributed by atoms with Gasteiger partial charge in [-0.3, -0.25) is 0 Å². The van der Waals surface area contributed by atoms with Gasteiger partial charge in [0.2, 0.25) is 0 Å². The van der Waals surface area contributed by atoms with E-state index in [2.05, 4.69) is 328 Å². The van der Waals surface area contributed by atoms with Gasteiger partial charge in [0.1, 0.15) is 0 Å². The quantitative estimate of drug-likeness (QED) is 0.113. The van der Waals surface area contributed by atoms with Crippen molar-refractivity contribution in [3.05, 3.63) is 290 Å². The molecule has 382 valence electrons. The van der Waals surface area contributed by atoms with Crippen LogP contribution in [0.5, 0.6) is 0 Å². The second-order valence-corrected chi connectivity index (χ2v) is 34.2. The fourth-order valence-electron chi connectivity index (χ4n) is 13.8. The van der Waals surface area contributed by atoms with Crippen LogP contribution in [0.25, 0.3) is 77.2 Å². The molecule has 0 fully saturated rings. The van der Waals surface area contributed by atoms with Gasteiger partial charge < -0.3 is 9.80 Å². The average Bonchev–Trinajstić information content (AvgIpc) is 3.29. The van der Waals surface area contributed by atoms with Crippen LogP contribution in [0, 0.1) is 0 Å². The summed E-state index contributed by atoms with van der Waals surface area (Å²) in [6.07, 6.45) is 0. The van der Waals surface area contributed by atoms with Crippen molar-refractivity contribution in [2.24, 2.45) is 0 Å². The molecule has 0 unspecified atom stereocenters. The zero-order chi connectivity index (χ0) is 53.9. The summed E-state index contributed by atoms with van der Waals surface area (Å²) >= 11 is 0. The topological polar surface area (TPSA) is 6.48 Å². The first kappa shape index (κ1) is 49.7. The van der Waals surface area contributed by atoms with E-state index in [1.807, 2.05) is 0 Å². The maximum atomic E-state index is 2.68. The molecule has 0 spiro atoms. The van der Waals surface area contributed by atoms with Gasteiger partial charge in [0.15, 0.2) is 0 Å². The fraction of sp³-hybridized carbons (Fsp3) is 0.0933. The number of fused-ring (bicyclic) bond motifs is 7. The minimum atomic E-state index is -2.31. The van der Waals surface area contributed by atoms with Crippen molar-refractivity contribution in [1.29, 1.82) is 0 Å². The molecule has 4 heteroatoms. The first-order chi connectivity index (χ1) is 38.5. The monoisotopic (exact) mass is 1050 g/mol. The number of rotatable bonds is 12. The smallest absolute Gasteiger partial charge is 0.0579 e. The number of para-hydroxylation sites is 2. The van der Waals surface area contributed by atoms with Gasteiger partial charge in [-0.05, 0) is 127 Å². The molecule has 1 aliphatic rings. The summed E-state index contributed by atoms with van der Waals surface area (Å²) in [6, 6.07) is 104. The molecule has 0 saturated heterocycles. The molecule has 0 aliphatic heterocycles. The lowest BCUT2D eigenvalue weighted by molar-refractivity contribution is 0.953. The summed E-state index contributed by atoms with van der Waals surface area (Å²) in [5.74, 6) is 0. The molecule has 0 amide bonds. The van der Waals surface area contributed by atoms with Crippen molar-refractivity contribution in [1.82, 2.24) is 0 Å². The number of hydrogen-bond acceptors (Lipinski definition) is 2. The highest BCUT2D eigenvalue weighted by atomic mass is 28.4. The van der Waals surface area contributed by atoms with Crippen LogP contribution < -0.4 is 9.80 Å². The van der Waals surface area contributed by atoms with Crippen molar-refractivity contribution in [3.63, 3.8) is 0 Å². The second kappa shape index (κ2) is 19.9. The lowest BCUT2D eigenvalue weighted by Gasteiger charge is -2.51. The van der Waals surface area contributed by atoms with E-state index in [-0.39, 0.29) is 4.66 Å². The van der Waals surface area contributed by atoms with Crippen LogP contribution in [-0.4, -0.2) is 16.1 Å². The zero-order valence-corrected chi connectivity index (χ0v) is 48.0. The normalized spacial score (nSPS) is 12.8. The van der Waals surface area contributed by atoms with E-state index in [0.29, 0.717) is 0 Å². The molecule has 1 aliphatic carbocycles. The van der Waals surface area contributed by atoms with Crippen LogP contribution in [0.1, 0.15) is 11.1 Å². The van der Waals surface area contributed by atoms with Gasteiger partial charge in [-0.1, -0.05) is 258 Å². The van der Waals surface area contributed by atoms with Crippen LogP contribution in [0.2, 0.25) is 39.3 Å². The van der Waals surface area contributed by atoms with E-state index in [4.69, 9.17) is 0 Å². The van der Waals surface area contributed by atoms with Crippen LogP contribution >= 0.6 is 0 Å². The Kier molecular flexibility index (Phi) is 12.5. The Morgan fingerprint density at radius 2 is 0.544 bits per heavy atom. The summed E-state index contributed by atoms with van der Waals surface area (Å²) in [7, 11) is -4.62. The largest absolute Gasteiger partial charge is 0.309 e. The molecule has 0 heterocycles. The van der Waals surface area contributed by atoms with Crippen molar-refractivity contribution in [2.45, 2.75) is 43.9 Å². The van der Waals surface area contributed by atoms with Gasteiger partial charge in [-0.15, -0.1) is 0 Å². The van der Waals surface area contributed by atoms with E-state index in [1.54, 1.807) is 0 Å². The van der Waals surface area contributed by atoms with E-state index in [1.165, 1.54) is 99.7 Å². The predicted molar refractivity (Wildman–Crippen MR) is 345 cm³/mol. The van der Waals surface area contributed by atoms with Crippen molar-refractivity contribution in [2.75, 3.05) is 9.80 Å². The van der Waals surface area contributed by atoms with E-state index in [0.717, 1.165) is 22.7 Å². The molecule has 12 aromatic carbocycles. The summed E-state index contributed by atoms with van der Waals surface area (Å²) in [4.78, 5) is 5.15. The Morgan fingerprint density at radius 1 is 0.253 bits per heavy atom. The first-order valence-corrected chi connectivity index (χ1v) is 34.8. The van der Waals surface area contributed by atoms with E-state index in [9.17, 15) is 0 Å². The highest BCUT2D eigenvalue weighted by Gasteiger charge is 2.60. The molecule has 0 bridgehead atoms. The number of benzene rings is 12. The summed E-state index contributed by atoms with van der Waals surface area (Å²) < 4.78 is -0.244. The molecular weight excluding hydrogens is 985 g/mol. The van der Waals surface area contributed by atoms with Crippen LogP contribution in [0.3, 0.4) is 0 Å². The molecule has 0 radical (unpaired) electrons. The SMILES string of the molecule is C[Si](C)(C)C1([Si](C)(C)C)c2cc(N(c3ccccc3)c3ccc(-c4ccccc4)cc3-c3ccccc3)c3ccccc3c2-c2c1cc(N(c1ccccc1)c1ccc(-c3ccccc3)cc1-c1ccccc1)c1ccccc21. The second-order valence-electron chi connectivity index (χ2n) is 23.2. The van der Waals surface area contributed by atoms with Gasteiger partial charge in [0.25, 0.3) is 0 Å². The van der Waals surface area contributed by atoms with Crippen molar-refractivity contribution < 1.29 is 0 Å². The third kappa shape index (κ3) is 8.37. The van der Waals surface area contributed by atoms with Crippen LogP contribution in [-0.2, 0) is 4.66 Å². The number of nitrogens with zero attached hydrogens (tertiary/aromatic N) is 2. The molecule has 0 aromatic heterocycles. The standard InChI is InChI=1S/C75H64N2Si2/c1-78(2,3)75(79(4,5)6)67-51-71(76(59-37-21-11-22-38-59)69-47-45-57(53-29-13-7-14-30-53)49-65(69)55-33-17-9-18-34-55)61-41-25-27-43-63(61)73(67)74-64-44-28-26-42-62(64)72(52-68(74)75)77(60-39-23-12-24-40-60)70-48-46-58(54-31-15-8-16-32-54)50-66(70)56-35-19-10-20-36-56/h7-52H,1-6H3. The molecular formula is C75H64N2Si2. The first-order valence-electron chi connectivity index (χ1n) is 27.8. The maximum Gasteiger partial charge on any atom is 0.0579 e. The Bertz CT molecular complexity index is 3910. The zero-order valence-electron chi connectivity index (χ0n) is 46.0. The van der Waals surface area contributed by atoms with Gasteiger partial charge in [0, 0.05) is 37.9 Å². The minimum Gasteiger partial charge on any atom is -0.309 e. The third-order valence-corrected chi connectivity index (χ3v) is 26.8.